The molecule has 0 aromatic heterocycles. The van der Waals surface area contributed by atoms with Crippen molar-refractivity contribution in [1.82, 2.24) is 0 Å². The number of carbonyl (C=O) groups is 1. The molecule has 21 unspecified atom stereocenters. The number of aliphatic carboxylic acids is 1. The number of carboxylic acid groups (broad SMARTS) is 1. The van der Waals surface area contributed by atoms with Gasteiger partial charge >= 0.3 is 5.97 Å². The summed E-state index contributed by atoms with van der Waals surface area (Å²) in [6.45, 7) is 8.38. The molecular weight excluding hydrogens is 724 g/mol. The number of allylic oxidation sites excluding steroid dienone is 1. The Kier molecular flexibility index (Phi) is 13.1. The Morgan fingerprint density at radius 1 is 0.800 bits per heavy atom. The Morgan fingerprint density at radius 3 is 1.96 bits per heavy atom. The minimum absolute atomic E-state index is 0.0539. The molecule has 6 rings (SSSR count). The first kappa shape index (κ1) is 42.8. The highest BCUT2D eigenvalue weighted by Crippen LogP contribution is 2.62. The van der Waals surface area contributed by atoms with Crippen molar-refractivity contribution in [2.45, 2.75) is 178 Å². The highest BCUT2D eigenvalue weighted by molar-refractivity contribution is 5.67. The first-order chi connectivity index (χ1) is 25.9. The molecule has 0 bridgehead atoms. The smallest absolute Gasteiger partial charge is 0.303 e. The molecule has 21 atom stereocenters. The van der Waals surface area contributed by atoms with Gasteiger partial charge in [-0.1, -0.05) is 24.5 Å². The molecule has 16 nitrogen and oxygen atoms in total. The molecule has 9 N–H and O–H groups in total. The van der Waals surface area contributed by atoms with Crippen LogP contribution >= 0.6 is 0 Å². The Balaban J connectivity index is 1.23. The molecule has 55 heavy (non-hydrogen) atoms. The quantitative estimate of drug-likeness (QED) is 0.106. The van der Waals surface area contributed by atoms with Gasteiger partial charge in [0, 0.05) is 11.8 Å². The van der Waals surface area contributed by atoms with E-state index in [-0.39, 0.29) is 29.6 Å². The zero-order valence-corrected chi connectivity index (χ0v) is 32.1. The molecule has 0 aromatic rings. The number of hydrogen-bond acceptors (Lipinski definition) is 15. The molecular formula is C39H60O16. The second-order valence-corrected chi connectivity index (χ2v) is 17.0. The molecule has 3 aliphatic carbocycles. The maximum atomic E-state index is 12.1. The van der Waals surface area contributed by atoms with Crippen LogP contribution in [0.15, 0.2) is 11.6 Å². The third-order valence-corrected chi connectivity index (χ3v) is 13.6. The maximum absolute atomic E-state index is 12.1. The first-order valence-electron chi connectivity index (χ1n) is 19.6. The van der Waals surface area contributed by atoms with Crippen molar-refractivity contribution in [1.29, 1.82) is 0 Å². The topological polar surface area (TPSA) is 255 Å². The van der Waals surface area contributed by atoms with Gasteiger partial charge in [-0.25, -0.2) is 0 Å². The van der Waals surface area contributed by atoms with E-state index in [9.17, 15) is 50.8 Å². The zero-order valence-electron chi connectivity index (χ0n) is 32.1. The monoisotopic (exact) mass is 784 g/mol. The van der Waals surface area contributed by atoms with Crippen molar-refractivity contribution in [3.63, 3.8) is 0 Å². The lowest BCUT2D eigenvalue weighted by Gasteiger charge is -2.57. The lowest BCUT2D eigenvalue weighted by molar-refractivity contribution is -0.388. The van der Waals surface area contributed by atoms with Crippen molar-refractivity contribution < 1.29 is 79.2 Å². The largest absolute Gasteiger partial charge is 0.481 e. The lowest BCUT2D eigenvalue weighted by Crippen LogP contribution is -2.66. The van der Waals surface area contributed by atoms with Crippen LogP contribution in [0, 0.1) is 40.4 Å². The molecule has 312 valence electrons. The summed E-state index contributed by atoms with van der Waals surface area (Å²) in [6, 6.07) is 0. The van der Waals surface area contributed by atoms with Gasteiger partial charge in [-0.15, -0.1) is 5.92 Å². The van der Waals surface area contributed by atoms with E-state index in [2.05, 4.69) is 31.8 Å². The fraction of sp³-hybridized carbons (Fsp3) is 0.872. The molecule has 0 radical (unpaired) electrons. The molecule has 16 heteroatoms. The van der Waals surface area contributed by atoms with Crippen LogP contribution in [-0.4, -0.2) is 157 Å². The Labute approximate surface area is 321 Å². The summed E-state index contributed by atoms with van der Waals surface area (Å²) in [5.74, 6) is 5.87. The van der Waals surface area contributed by atoms with Gasteiger partial charge in [0.1, 0.15) is 61.0 Å². The molecule has 0 spiro atoms. The number of ether oxygens (including phenoxy) is 6. The summed E-state index contributed by atoms with van der Waals surface area (Å²) < 4.78 is 36.1. The number of aliphatic hydroxyl groups excluding tert-OH is 8. The maximum Gasteiger partial charge on any atom is 0.303 e. The fourth-order valence-electron chi connectivity index (χ4n) is 10.3. The second-order valence-electron chi connectivity index (χ2n) is 17.0. The van der Waals surface area contributed by atoms with E-state index >= 15 is 0 Å². The third kappa shape index (κ3) is 8.13. The third-order valence-electron chi connectivity index (χ3n) is 13.6. The molecule has 0 aromatic carbocycles. The van der Waals surface area contributed by atoms with E-state index in [1.54, 1.807) is 6.92 Å². The Bertz CT molecular complexity index is 1450. The number of aliphatic hydroxyl groups is 8. The average molecular weight is 785 g/mol. The van der Waals surface area contributed by atoms with Crippen LogP contribution in [0.5, 0.6) is 0 Å². The molecule has 3 aliphatic heterocycles. The first-order valence-corrected chi connectivity index (χ1v) is 19.6. The van der Waals surface area contributed by atoms with Crippen molar-refractivity contribution in [2.24, 2.45) is 28.6 Å². The summed E-state index contributed by atoms with van der Waals surface area (Å²) in [5, 5.41) is 95.1. The highest BCUT2D eigenvalue weighted by atomic mass is 16.8. The molecule has 2 saturated carbocycles. The van der Waals surface area contributed by atoms with Gasteiger partial charge < -0.3 is 74.4 Å². The summed E-state index contributed by atoms with van der Waals surface area (Å²) in [7, 11) is 0. The summed E-state index contributed by atoms with van der Waals surface area (Å²) in [5.41, 5.74) is 0.588. The van der Waals surface area contributed by atoms with Gasteiger partial charge in [0.15, 0.2) is 18.9 Å². The summed E-state index contributed by atoms with van der Waals surface area (Å²) in [4.78, 5) is 12.1. The van der Waals surface area contributed by atoms with Crippen LogP contribution in [0.3, 0.4) is 0 Å². The number of fused-ring (bicyclic) bond motifs is 3. The van der Waals surface area contributed by atoms with Crippen LogP contribution in [-0.2, 0) is 33.2 Å². The zero-order chi connectivity index (χ0) is 40.1. The fourth-order valence-corrected chi connectivity index (χ4v) is 10.3. The molecule has 3 heterocycles. The molecule has 5 fully saturated rings. The lowest BCUT2D eigenvalue weighted by atomic mass is 9.47. The van der Waals surface area contributed by atoms with Crippen molar-refractivity contribution in [3.8, 4) is 11.8 Å². The van der Waals surface area contributed by atoms with E-state index < -0.39 is 116 Å². The normalized spacial score (nSPS) is 51.5. The van der Waals surface area contributed by atoms with Crippen molar-refractivity contribution in [3.05, 3.63) is 11.6 Å². The van der Waals surface area contributed by atoms with E-state index in [1.165, 1.54) is 19.4 Å². The highest BCUT2D eigenvalue weighted by Gasteiger charge is 2.57. The number of carboxylic acids is 1. The minimum atomic E-state index is -1.74. The van der Waals surface area contributed by atoms with Gasteiger partial charge in [0.2, 0.25) is 0 Å². The van der Waals surface area contributed by atoms with Crippen molar-refractivity contribution >= 4 is 5.97 Å². The van der Waals surface area contributed by atoms with Crippen LogP contribution in [0.25, 0.3) is 0 Å². The molecule has 3 saturated heterocycles. The standard InChI is InChI=1S/C39H60O16/c1-6-11-38(4)12-10-22-21(23(38)15-25(41)42)8-7-19-14-20(9-13-39(19,22)5)52-37-34(55-36-31(48)29(46)27(44)18(3)51-36)32(49)33(24(16-40)53-37)54-35-30(47)28(45)26(43)17(2)50-35/h7,17-18,20-24,26-37,40,43-49H,8-10,12-16H2,1-5H3,(H,41,42). The van der Waals surface area contributed by atoms with E-state index in [1.807, 2.05) is 0 Å². The summed E-state index contributed by atoms with van der Waals surface area (Å²) >= 11 is 0. The minimum Gasteiger partial charge on any atom is -0.481 e. The SMILES string of the molecule is CC#CC1(C)CCC2C(CC=C3CC(OC4OC(CO)C(OC5OC(C)C(O)C(O)C5O)C(O)C4OC4OC(C)C(O)C(O)C4O)CCC32C)C1CC(=O)O. The van der Waals surface area contributed by atoms with Gasteiger partial charge in [0.25, 0.3) is 0 Å². The molecule has 6 aliphatic rings. The van der Waals surface area contributed by atoms with Gasteiger partial charge in [-0.05, 0) is 89.4 Å². The van der Waals surface area contributed by atoms with Crippen LogP contribution in [0.4, 0.5) is 0 Å². The average Bonchev–Trinajstić information content (AvgIpc) is 3.14. The second kappa shape index (κ2) is 16.8. The molecule has 0 amide bonds. The predicted molar refractivity (Wildman–Crippen MR) is 189 cm³/mol. The van der Waals surface area contributed by atoms with E-state index in [0.717, 1.165) is 19.3 Å². The number of hydrogen-bond donors (Lipinski definition) is 9. The van der Waals surface area contributed by atoms with Crippen molar-refractivity contribution in [2.75, 3.05) is 6.61 Å². The van der Waals surface area contributed by atoms with Crippen LogP contribution in [0.1, 0.15) is 79.6 Å². The number of rotatable bonds is 9. The van der Waals surface area contributed by atoms with Gasteiger partial charge in [-0.2, -0.15) is 0 Å². The van der Waals surface area contributed by atoms with E-state index in [4.69, 9.17) is 28.4 Å². The van der Waals surface area contributed by atoms with Gasteiger partial charge in [0.05, 0.1) is 24.9 Å². The van der Waals surface area contributed by atoms with Crippen LogP contribution in [0.2, 0.25) is 0 Å². The predicted octanol–water partition coefficient (Wildman–Crippen LogP) is -0.458. The Hall–Kier alpha value is -1.79. The van der Waals surface area contributed by atoms with E-state index in [0.29, 0.717) is 19.3 Å². The van der Waals surface area contributed by atoms with Gasteiger partial charge in [-0.3, -0.25) is 4.79 Å². The summed E-state index contributed by atoms with van der Waals surface area (Å²) in [6.07, 6.45) is -15.9. The Morgan fingerprint density at radius 2 is 1.40 bits per heavy atom. The van der Waals surface area contributed by atoms with Crippen LogP contribution < -0.4 is 0 Å².